The molecule has 1 saturated heterocycles. The Morgan fingerprint density at radius 3 is 2.19 bits per heavy atom. The molecule has 0 radical (unpaired) electrons. The fourth-order valence-electron chi connectivity index (χ4n) is 1.86. The highest BCUT2D eigenvalue weighted by Gasteiger charge is 2.40. The topological polar surface area (TPSA) is 37.4 Å². The van der Waals surface area contributed by atoms with E-state index in [9.17, 15) is 17.2 Å². The molecule has 0 bridgehead atoms. The van der Waals surface area contributed by atoms with Gasteiger partial charge < -0.3 is 0 Å². The molecule has 0 saturated carbocycles. The van der Waals surface area contributed by atoms with Crippen molar-refractivity contribution in [3.8, 4) is 0 Å². The van der Waals surface area contributed by atoms with Gasteiger partial charge in [-0.05, 0) is 19.3 Å². The van der Waals surface area contributed by atoms with Gasteiger partial charge in [0.15, 0.2) is 0 Å². The van der Waals surface area contributed by atoms with Gasteiger partial charge >= 0.3 is 5.76 Å². The third kappa shape index (κ3) is 3.38. The quantitative estimate of drug-likeness (QED) is 0.779. The molecule has 0 aromatic rings. The molecule has 2 unspecified atom stereocenters. The molecular formula is C10H21F2NO2S. The van der Waals surface area contributed by atoms with E-state index in [2.05, 4.69) is 0 Å². The highest BCUT2D eigenvalue weighted by atomic mass is 32.2. The molecule has 3 nitrogen and oxygen atoms in total. The SMILES string of the molecule is CC.CCC1CC(C)N(S(=O)(=O)C(F)F)C1. The first-order valence-electron chi connectivity index (χ1n) is 5.68. The normalized spacial score (nSPS) is 26.7. The molecule has 0 amide bonds. The molecule has 0 aromatic heterocycles. The first-order valence-corrected chi connectivity index (χ1v) is 7.18. The molecule has 0 aliphatic carbocycles. The monoisotopic (exact) mass is 257 g/mol. The molecular weight excluding hydrogens is 236 g/mol. The lowest BCUT2D eigenvalue weighted by atomic mass is 10.0. The minimum atomic E-state index is -4.37. The lowest BCUT2D eigenvalue weighted by Gasteiger charge is -2.19. The standard InChI is InChI=1S/C8H15F2NO2S.C2H6/c1-3-7-4-6(2)11(5-7)14(12,13)8(9)10;1-2/h6-8H,3-5H2,1-2H3;1-2H3. The first kappa shape index (κ1) is 15.8. The van der Waals surface area contributed by atoms with Crippen molar-refractivity contribution in [2.75, 3.05) is 6.54 Å². The first-order chi connectivity index (χ1) is 7.39. The van der Waals surface area contributed by atoms with Gasteiger partial charge in [0, 0.05) is 12.6 Å². The maximum absolute atomic E-state index is 12.2. The average molecular weight is 257 g/mol. The van der Waals surface area contributed by atoms with E-state index in [1.165, 1.54) is 0 Å². The van der Waals surface area contributed by atoms with Crippen LogP contribution in [0.1, 0.15) is 40.5 Å². The summed E-state index contributed by atoms with van der Waals surface area (Å²) in [5, 5.41) is 0. The van der Waals surface area contributed by atoms with Crippen LogP contribution in [0.5, 0.6) is 0 Å². The summed E-state index contributed by atoms with van der Waals surface area (Å²) in [7, 11) is -4.37. The van der Waals surface area contributed by atoms with Crippen molar-refractivity contribution in [1.29, 1.82) is 0 Å². The number of alkyl halides is 2. The molecule has 1 aliphatic rings. The van der Waals surface area contributed by atoms with E-state index >= 15 is 0 Å². The molecule has 16 heavy (non-hydrogen) atoms. The minimum Gasteiger partial charge on any atom is -0.206 e. The number of nitrogens with zero attached hydrogens (tertiary/aromatic N) is 1. The second-order valence-corrected chi connectivity index (χ2v) is 5.59. The summed E-state index contributed by atoms with van der Waals surface area (Å²) in [5.74, 6) is -3.07. The van der Waals surface area contributed by atoms with Crippen molar-refractivity contribution in [2.45, 2.75) is 52.3 Å². The molecule has 0 aromatic carbocycles. The lowest BCUT2D eigenvalue weighted by Crippen LogP contribution is -2.37. The van der Waals surface area contributed by atoms with Crippen molar-refractivity contribution >= 4 is 10.0 Å². The Bertz CT molecular complexity index is 293. The second kappa shape index (κ2) is 6.49. The van der Waals surface area contributed by atoms with Gasteiger partial charge in [-0.15, -0.1) is 0 Å². The predicted molar refractivity (Wildman–Crippen MR) is 60.8 cm³/mol. The molecule has 1 heterocycles. The minimum absolute atomic E-state index is 0.221. The summed E-state index contributed by atoms with van der Waals surface area (Å²) in [4.78, 5) is 0. The molecule has 6 heteroatoms. The van der Waals surface area contributed by atoms with Crippen LogP contribution in [-0.4, -0.2) is 31.1 Å². The summed E-state index contributed by atoms with van der Waals surface area (Å²) in [6.07, 6.45) is 1.52. The number of sulfonamides is 1. The van der Waals surface area contributed by atoms with E-state index in [0.29, 0.717) is 6.42 Å². The summed E-state index contributed by atoms with van der Waals surface area (Å²) >= 11 is 0. The fourth-order valence-corrected chi connectivity index (χ4v) is 3.07. The van der Waals surface area contributed by atoms with E-state index in [1.54, 1.807) is 6.92 Å². The highest BCUT2D eigenvalue weighted by Crippen LogP contribution is 2.29. The lowest BCUT2D eigenvalue weighted by molar-refractivity contribution is 0.217. The Labute approximate surface area is 96.9 Å². The van der Waals surface area contributed by atoms with Crippen LogP contribution in [0.3, 0.4) is 0 Å². The van der Waals surface area contributed by atoms with Crippen LogP contribution in [0.4, 0.5) is 8.78 Å². The Morgan fingerprint density at radius 1 is 1.38 bits per heavy atom. The summed E-state index contributed by atoms with van der Waals surface area (Å²) in [5.41, 5.74) is 0. The van der Waals surface area contributed by atoms with Crippen LogP contribution in [0, 0.1) is 5.92 Å². The number of hydrogen-bond acceptors (Lipinski definition) is 2. The summed E-state index contributed by atoms with van der Waals surface area (Å²) in [6, 6.07) is -0.293. The van der Waals surface area contributed by atoms with E-state index in [1.807, 2.05) is 20.8 Å². The van der Waals surface area contributed by atoms with Crippen molar-refractivity contribution in [3.63, 3.8) is 0 Å². The molecule has 98 valence electrons. The van der Waals surface area contributed by atoms with Crippen LogP contribution >= 0.6 is 0 Å². The van der Waals surface area contributed by atoms with Crippen molar-refractivity contribution in [2.24, 2.45) is 5.92 Å². The van der Waals surface area contributed by atoms with Crippen LogP contribution in [0.15, 0.2) is 0 Å². The summed E-state index contributed by atoms with van der Waals surface area (Å²) in [6.45, 7) is 7.86. The maximum atomic E-state index is 12.2. The zero-order valence-corrected chi connectivity index (χ0v) is 11.1. The fraction of sp³-hybridized carbons (Fsp3) is 1.00. The molecule has 1 aliphatic heterocycles. The van der Waals surface area contributed by atoms with Gasteiger partial charge in [0.05, 0.1) is 0 Å². The van der Waals surface area contributed by atoms with Gasteiger partial charge in [0.25, 0.3) is 10.0 Å². The molecule has 1 fully saturated rings. The zero-order valence-electron chi connectivity index (χ0n) is 10.3. The smallest absolute Gasteiger partial charge is 0.206 e. The Morgan fingerprint density at radius 2 is 1.88 bits per heavy atom. The number of halogens is 2. The van der Waals surface area contributed by atoms with E-state index in [4.69, 9.17) is 0 Å². The van der Waals surface area contributed by atoms with Gasteiger partial charge in [-0.25, -0.2) is 8.42 Å². The third-order valence-electron chi connectivity index (χ3n) is 2.73. The van der Waals surface area contributed by atoms with Crippen molar-refractivity contribution < 1.29 is 17.2 Å². The van der Waals surface area contributed by atoms with E-state index < -0.39 is 15.8 Å². The Kier molecular flexibility index (Phi) is 6.40. The van der Waals surface area contributed by atoms with Crippen LogP contribution in [-0.2, 0) is 10.0 Å². The average Bonchev–Trinajstić information content (AvgIpc) is 2.63. The second-order valence-electron chi connectivity index (χ2n) is 3.73. The molecule has 0 N–H and O–H groups in total. The zero-order chi connectivity index (χ0) is 12.9. The van der Waals surface area contributed by atoms with Crippen molar-refractivity contribution in [1.82, 2.24) is 4.31 Å². The molecule has 0 spiro atoms. The van der Waals surface area contributed by atoms with Crippen LogP contribution in [0.25, 0.3) is 0 Å². The largest absolute Gasteiger partial charge is 0.350 e. The number of hydrogen-bond donors (Lipinski definition) is 0. The molecule has 1 rings (SSSR count). The van der Waals surface area contributed by atoms with Gasteiger partial charge in [-0.2, -0.15) is 13.1 Å². The third-order valence-corrected chi connectivity index (χ3v) is 4.35. The Hall–Kier alpha value is -0.230. The maximum Gasteiger partial charge on any atom is 0.350 e. The summed E-state index contributed by atoms with van der Waals surface area (Å²) < 4.78 is 47.8. The van der Waals surface area contributed by atoms with Gasteiger partial charge in [-0.3, -0.25) is 0 Å². The van der Waals surface area contributed by atoms with Gasteiger partial charge in [-0.1, -0.05) is 27.2 Å². The van der Waals surface area contributed by atoms with E-state index in [0.717, 1.165) is 10.7 Å². The molecule has 2 atom stereocenters. The predicted octanol–water partition coefficient (Wildman–Crippen LogP) is 2.69. The van der Waals surface area contributed by atoms with Crippen LogP contribution < -0.4 is 0 Å². The van der Waals surface area contributed by atoms with Gasteiger partial charge in [0.1, 0.15) is 0 Å². The van der Waals surface area contributed by atoms with E-state index in [-0.39, 0.29) is 18.5 Å². The highest BCUT2D eigenvalue weighted by molar-refractivity contribution is 7.89. The van der Waals surface area contributed by atoms with Crippen LogP contribution in [0.2, 0.25) is 0 Å². The number of rotatable bonds is 3. The van der Waals surface area contributed by atoms with Crippen molar-refractivity contribution in [3.05, 3.63) is 0 Å². The Balaban J connectivity index is 0.00000106. The van der Waals surface area contributed by atoms with Gasteiger partial charge in [0.2, 0.25) is 0 Å².